The third kappa shape index (κ3) is 6.48. The molecule has 0 saturated carbocycles. The number of nitrogens with zero attached hydrogens (tertiary/aromatic N) is 5. The van der Waals surface area contributed by atoms with Gasteiger partial charge in [0, 0.05) is 31.2 Å². The molecule has 0 aliphatic carbocycles. The second-order valence-electron chi connectivity index (χ2n) is 9.06. The monoisotopic (exact) mass is 505 g/mol. The highest BCUT2D eigenvalue weighted by Gasteiger charge is 2.21. The molecule has 0 saturated heterocycles. The van der Waals surface area contributed by atoms with Gasteiger partial charge in [0.15, 0.2) is 0 Å². The van der Waals surface area contributed by atoms with Gasteiger partial charge in [-0.05, 0) is 60.0 Å². The highest BCUT2D eigenvalue weighted by molar-refractivity contribution is 5.95. The normalized spacial score (nSPS) is 10.9. The molecule has 6 nitrogen and oxygen atoms in total. The number of hydrogen-bond acceptors (Lipinski definition) is 4. The summed E-state index contributed by atoms with van der Waals surface area (Å²) in [5.74, 6) is -0.638. The summed E-state index contributed by atoms with van der Waals surface area (Å²) in [5.41, 5.74) is 4.63. The average Bonchev–Trinajstić information content (AvgIpc) is 2.91. The minimum Gasteiger partial charge on any atom is -0.331 e. The van der Waals surface area contributed by atoms with Gasteiger partial charge in [0.05, 0.1) is 30.0 Å². The van der Waals surface area contributed by atoms with Gasteiger partial charge in [-0.1, -0.05) is 49.0 Å². The van der Waals surface area contributed by atoms with Gasteiger partial charge in [-0.3, -0.25) is 9.79 Å². The van der Waals surface area contributed by atoms with E-state index >= 15 is 0 Å². The van der Waals surface area contributed by atoms with Crippen molar-refractivity contribution in [2.24, 2.45) is 4.99 Å². The van der Waals surface area contributed by atoms with Crippen molar-refractivity contribution < 1.29 is 9.18 Å². The number of aliphatic imine (C=N–C) groups is 1. The zero-order valence-corrected chi connectivity index (χ0v) is 21.4. The van der Waals surface area contributed by atoms with E-state index in [1.807, 2.05) is 60.4 Å². The minimum absolute atomic E-state index is 0.172. The van der Waals surface area contributed by atoms with E-state index in [1.54, 1.807) is 36.5 Å². The lowest BCUT2D eigenvalue weighted by Gasteiger charge is -2.29. The number of aryl methyl sites for hydroxylation is 1. The van der Waals surface area contributed by atoms with E-state index < -0.39 is 0 Å². The fourth-order valence-electron chi connectivity index (χ4n) is 4.24. The smallest absolute Gasteiger partial charge is 0.273 e. The summed E-state index contributed by atoms with van der Waals surface area (Å²) in [6, 6.07) is 25.3. The maximum absolute atomic E-state index is 14.2. The molecule has 0 atom stereocenters. The Kier molecular flexibility index (Phi) is 8.24. The molecule has 0 bridgehead atoms. The Labute approximate surface area is 222 Å². The van der Waals surface area contributed by atoms with Gasteiger partial charge in [-0.25, -0.2) is 9.37 Å². The van der Waals surface area contributed by atoms with Crippen LogP contribution in [0.5, 0.6) is 0 Å². The summed E-state index contributed by atoms with van der Waals surface area (Å²) in [7, 11) is 1.66. The Morgan fingerprint density at radius 1 is 1.05 bits per heavy atom. The molecule has 38 heavy (non-hydrogen) atoms. The van der Waals surface area contributed by atoms with Crippen LogP contribution in [-0.4, -0.2) is 40.6 Å². The standard InChI is InChI=1S/C31H28FN5O/c1-22-14-26(16-28(32)15-22)20-36(31(38)30-13-12-27-6-4-5-7-29(27)35-30)18-23(2)37(21-34-3)19-25-10-8-24(17-33)9-11-25/h4-16,21H,2,18-20H2,1,3H3. The van der Waals surface area contributed by atoms with E-state index in [1.165, 1.54) is 12.1 Å². The van der Waals surface area contributed by atoms with E-state index in [9.17, 15) is 9.18 Å². The van der Waals surface area contributed by atoms with Gasteiger partial charge in [-0.2, -0.15) is 5.26 Å². The summed E-state index contributed by atoms with van der Waals surface area (Å²) >= 11 is 0. The lowest BCUT2D eigenvalue weighted by molar-refractivity contribution is 0.0745. The van der Waals surface area contributed by atoms with Crippen LogP contribution in [0.1, 0.15) is 32.7 Å². The van der Waals surface area contributed by atoms with Crippen LogP contribution in [0.2, 0.25) is 0 Å². The Balaban J connectivity index is 1.63. The molecule has 0 fully saturated rings. The van der Waals surface area contributed by atoms with Gasteiger partial charge in [0.2, 0.25) is 0 Å². The number of hydrogen-bond donors (Lipinski definition) is 0. The summed E-state index contributed by atoms with van der Waals surface area (Å²) in [6.07, 6.45) is 1.66. The predicted octanol–water partition coefficient (Wildman–Crippen LogP) is 5.87. The Morgan fingerprint density at radius 2 is 1.82 bits per heavy atom. The summed E-state index contributed by atoms with van der Waals surface area (Å²) in [5, 5.41) is 10.0. The fraction of sp³-hybridized carbons (Fsp3) is 0.161. The SMILES string of the molecule is C=C(CN(Cc1cc(C)cc(F)c1)C(=O)c1ccc2ccccc2n1)N(C=NC)Cc1ccc(C#N)cc1. The number of para-hydroxylation sites is 1. The molecule has 3 aromatic carbocycles. The van der Waals surface area contributed by atoms with Crippen LogP contribution < -0.4 is 0 Å². The van der Waals surface area contributed by atoms with Crippen molar-refractivity contribution in [1.29, 1.82) is 5.26 Å². The van der Waals surface area contributed by atoms with Crippen LogP contribution in [0.4, 0.5) is 4.39 Å². The maximum atomic E-state index is 14.2. The zero-order chi connectivity index (χ0) is 27.1. The highest BCUT2D eigenvalue weighted by atomic mass is 19.1. The quantitative estimate of drug-likeness (QED) is 0.211. The predicted molar refractivity (Wildman–Crippen MR) is 148 cm³/mol. The van der Waals surface area contributed by atoms with Crippen molar-refractivity contribution in [1.82, 2.24) is 14.8 Å². The summed E-state index contributed by atoms with van der Waals surface area (Å²) < 4.78 is 14.2. The second kappa shape index (κ2) is 11.9. The molecule has 1 heterocycles. The number of nitriles is 1. The summed E-state index contributed by atoms with van der Waals surface area (Å²) in [6.45, 7) is 6.87. The molecular formula is C31H28FN5O. The molecule has 4 rings (SSSR count). The lowest BCUT2D eigenvalue weighted by Crippen LogP contribution is -2.36. The first kappa shape index (κ1) is 26.2. The number of pyridine rings is 1. The van der Waals surface area contributed by atoms with Crippen LogP contribution in [0, 0.1) is 24.1 Å². The number of fused-ring (bicyclic) bond motifs is 1. The van der Waals surface area contributed by atoms with Crippen molar-refractivity contribution in [3.05, 3.63) is 125 Å². The number of carbonyl (C=O) groups excluding carboxylic acids is 1. The third-order valence-corrected chi connectivity index (χ3v) is 6.05. The topological polar surface area (TPSA) is 72.6 Å². The van der Waals surface area contributed by atoms with Gasteiger partial charge in [0.1, 0.15) is 11.5 Å². The zero-order valence-electron chi connectivity index (χ0n) is 21.4. The molecule has 4 aromatic rings. The number of halogens is 1. The molecule has 0 aliphatic heterocycles. The van der Waals surface area contributed by atoms with Crippen LogP contribution in [-0.2, 0) is 13.1 Å². The number of aromatic nitrogens is 1. The largest absolute Gasteiger partial charge is 0.331 e. The molecule has 0 unspecified atom stereocenters. The average molecular weight is 506 g/mol. The molecule has 190 valence electrons. The van der Waals surface area contributed by atoms with Crippen molar-refractivity contribution in [2.75, 3.05) is 13.6 Å². The second-order valence-corrected chi connectivity index (χ2v) is 9.06. The van der Waals surface area contributed by atoms with Gasteiger partial charge in [0.25, 0.3) is 5.91 Å². The van der Waals surface area contributed by atoms with E-state index in [4.69, 9.17) is 5.26 Å². The Morgan fingerprint density at radius 3 is 2.53 bits per heavy atom. The first-order valence-corrected chi connectivity index (χ1v) is 12.1. The van der Waals surface area contributed by atoms with Gasteiger partial charge in [-0.15, -0.1) is 0 Å². The summed E-state index contributed by atoms with van der Waals surface area (Å²) in [4.78, 5) is 26.0. The number of amides is 1. The first-order chi connectivity index (χ1) is 18.4. The van der Waals surface area contributed by atoms with Gasteiger partial charge < -0.3 is 9.80 Å². The van der Waals surface area contributed by atoms with E-state index in [0.29, 0.717) is 29.1 Å². The number of rotatable bonds is 9. The van der Waals surface area contributed by atoms with E-state index in [0.717, 1.165) is 22.0 Å². The van der Waals surface area contributed by atoms with Crippen LogP contribution in [0.15, 0.2) is 96.1 Å². The lowest BCUT2D eigenvalue weighted by atomic mass is 10.1. The van der Waals surface area contributed by atoms with Gasteiger partial charge >= 0.3 is 0 Å². The molecule has 0 radical (unpaired) electrons. The minimum atomic E-state index is -0.351. The van der Waals surface area contributed by atoms with Crippen molar-refractivity contribution in [2.45, 2.75) is 20.0 Å². The Bertz CT molecular complexity index is 1520. The number of carbonyl (C=O) groups is 1. The fourth-order valence-corrected chi connectivity index (χ4v) is 4.24. The molecule has 0 aliphatic rings. The van der Waals surface area contributed by atoms with Crippen molar-refractivity contribution >= 4 is 23.1 Å². The van der Waals surface area contributed by atoms with E-state index in [-0.39, 0.29) is 24.8 Å². The van der Waals surface area contributed by atoms with Crippen LogP contribution in [0.3, 0.4) is 0 Å². The van der Waals surface area contributed by atoms with Crippen molar-refractivity contribution in [3.8, 4) is 6.07 Å². The highest BCUT2D eigenvalue weighted by Crippen LogP contribution is 2.19. The Hall–Kier alpha value is -4.83. The number of benzene rings is 3. The molecule has 0 spiro atoms. The molecule has 1 amide bonds. The van der Waals surface area contributed by atoms with Crippen LogP contribution in [0.25, 0.3) is 10.9 Å². The van der Waals surface area contributed by atoms with E-state index in [2.05, 4.69) is 22.6 Å². The van der Waals surface area contributed by atoms with Crippen LogP contribution >= 0.6 is 0 Å². The first-order valence-electron chi connectivity index (χ1n) is 12.1. The third-order valence-electron chi connectivity index (χ3n) is 6.05. The maximum Gasteiger partial charge on any atom is 0.273 e. The molecule has 7 heteroatoms. The van der Waals surface area contributed by atoms with Crippen molar-refractivity contribution in [3.63, 3.8) is 0 Å². The molecule has 1 aromatic heterocycles. The molecular weight excluding hydrogens is 477 g/mol. The molecule has 0 N–H and O–H groups in total.